The lowest BCUT2D eigenvalue weighted by Crippen LogP contribution is -2.37. The van der Waals surface area contributed by atoms with Crippen molar-refractivity contribution in [3.05, 3.63) is 59.7 Å². The van der Waals surface area contributed by atoms with Gasteiger partial charge in [0.15, 0.2) is 0 Å². The molecule has 3 rings (SSSR count). The van der Waals surface area contributed by atoms with Gasteiger partial charge >= 0.3 is 12.1 Å². The number of carbonyl (C=O) groups is 3. The highest BCUT2D eigenvalue weighted by atomic mass is 16.5. The molecule has 2 amide bonds. The smallest absolute Gasteiger partial charge is 0.407 e. The minimum Gasteiger partial charge on any atom is -0.481 e. The molecule has 34 heavy (non-hydrogen) atoms. The van der Waals surface area contributed by atoms with Gasteiger partial charge < -0.3 is 20.5 Å². The Morgan fingerprint density at radius 1 is 0.882 bits per heavy atom. The van der Waals surface area contributed by atoms with Gasteiger partial charge in [0.2, 0.25) is 5.91 Å². The van der Waals surface area contributed by atoms with Crippen LogP contribution in [0.4, 0.5) is 4.79 Å². The highest BCUT2D eigenvalue weighted by molar-refractivity contribution is 5.80. The van der Waals surface area contributed by atoms with E-state index >= 15 is 0 Å². The summed E-state index contributed by atoms with van der Waals surface area (Å²) in [6.45, 7) is 5.70. The third kappa shape index (κ3) is 6.59. The van der Waals surface area contributed by atoms with Crippen molar-refractivity contribution in [2.75, 3.05) is 6.61 Å². The van der Waals surface area contributed by atoms with Crippen molar-refractivity contribution in [3.63, 3.8) is 0 Å². The molecule has 0 aliphatic heterocycles. The van der Waals surface area contributed by atoms with Crippen LogP contribution in [0.25, 0.3) is 11.1 Å². The zero-order chi connectivity index (χ0) is 24.7. The molecular formula is C27H34N2O5. The second-order valence-electron chi connectivity index (χ2n) is 9.21. The largest absolute Gasteiger partial charge is 0.481 e. The Balaban J connectivity index is 1.40. The van der Waals surface area contributed by atoms with Gasteiger partial charge in [0.1, 0.15) is 6.61 Å². The van der Waals surface area contributed by atoms with Crippen LogP contribution in [-0.2, 0) is 14.3 Å². The van der Waals surface area contributed by atoms with Crippen LogP contribution in [0, 0.1) is 5.92 Å². The van der Waals surface area contributed by atoms with Crippen molar-refractivity contribution < 1.29 is 24.2 Å². The fourth-order valence-electron chi connectivity index (χ4n) is 4.47. The van der Waals surface area contributed by atoms with Crippen molar-refractivity contribution in [3.8, 4) is 11.1 Å². The van der Waals surface area contributed by atoms with Gasteiger partial charge in [0, 0.05) is 23.9 Å². The van der Waals surface area contributed by atoms with Crippen molar-refractivity contribution in [1.29, 1.82) is 0 Å². The third-order valence-corrected chi connectivity index (χ3v) is 6.30. The highest BCUT2D eigenvalue weighted by Gasteiger charge is 2.29. The molecule has 3 N–H and O–H groups in total. The second-order valence-corrected chi connectivity index (χ2v) is 9.21. The summed E-state index contributed by atoms with van der Waals surface area (Å²) >= 11 is 0. The van der Waals surface area contributed by atoms with E-state index < -0.39 is 18.1 Å². The van der Waals surface area contributed by atoms with E-state index in [0.717, 1.165) is 6.42 Å². The first kappa shape index (κ1) is 25.3. The van der Waals surface area contributed by atoms with E-state index in [0.29, 0.717) is 12.8 Å². The van der Waals surface area contributed by atoms with Crippen molar-refractivity contribution >= 4 is 18.0 Å². The molecule has 7 heteroatoms. The molecule has 0 saturated carbocycles. The Morgan fingerprint density at radius 3 is 2.06 bits per heavy atom. The number of aliphatic carboxylic acids is 1. The van der Waals surface area contributed by atoms with E-state index in [-0.39, 0.29) is 36.8 Å². The molecule has 7 nitrogen and oxygen atoms in total. The minimum absolute atomic E-state index is 0.0244. The zero-order valence-corrected chi connectivity index (χ0v) is 20.0. The molecule has 0 fully saturated rings. The van der Waals surface area contributed by atoms with E-state index in [4.69, 9.17) is 9.84 Å². The van der Waals surface area contributed by atoms with Crippen LogP contribution in [0.1, 0.15) is 63.5 Å². The van der Waals surface area contributed by atoms with Crippen LogP contribution in [0.15, 0.2) is 48.5 Å². The number of hydrogen-bond donors (Lipinski definition) is 3. The summed E-state index contributed by atoms with van der Waals surface area (Å²) in [4.78, 5) is 35.3. The third-order valence-electron chi connectivity index (χ3n) is 6.30. The second kappa shape index (κ2) is 11.7. The average Bonchev–Trinajstić information content (AvgIpc) is 3.10. The molecule has 1 aliphatic rings. The monoisotopic (exact) mass is 466 g/mol. The summed E-state index contributed by atoms with van der Waals surface area (Å²) in [5, 5.41) is 14.4. The van der Waals surface area contributed by atoms with Gasteiger partial charge in [-0.1, -0.05) is 61.9 Å². The predicted molar refractivity (Wildman–Crippen MR) is 131 cm³/mol. The number of carbonyl (C=O) groups excluding carboxylic acids is 2. The lowest BCUT2D eigenvalue weighted by Gasteiger charge is -2.19. The summed E-state index contributed by atoms with van der Waals surface area (Å²) in [7, 11) is 0. The van der Waals surface area contributed by atoms with Gasteiger partial charge in [-0.15, -0.1) is 0 Å². The SMILES string of the molecule is CC(CCCC(C)C(=O)NC(C)CC(=O)O)NC(=O)OCC1c2ccccc2-c2ccccc21. The lowest BCUT2D eigenvalue weighted by molar-refractivity contribution is -0.137. The van der Waals surface area contributed by atoms with Gasteiger partial charge in [0.05, 0.1) is 6.42 Å². The molecule has 182 valence electrons. The van der Waals surface area contributed by atoms with Crippen LogP contribution < -0.4 is 10.6 Å². The average molecular weight is 467 g/mol. The van der Waals surface area contributed by atoms with Crippen molar-refractivity contribution in [1.82, 2.24) is 10.6 Å². The Labute approximate surface area is 200 Å². The highest BCUT2D eigenvalue weighted by Crippen LogP contribution is 2.44. The first-order valence-electron chi connectivity index (χ1n) is 11.9. The molecule has 0 saturated heterocycles. The van der Waals surface area contributed by atoms with Crippen LogP contribution in [0.2, 0.25) is 0 Å². The zero-order valence-electron chi connectivity index (χ0n) is 20.0. The van der Waals surface area contributed by atoms with Gasteiger partial charge in [0.25, 0.3) is 0 Å². The summed E-state index contributed by atoms with van der Waals surface area (Å²) in [6, 6.07) is 15.9. The number of hydrogen-bond acceptors (Lipinski definition) is 4. The van der Waals surface area contributed by atoms with Crippen LogP contribution in [-0.4, -0.2) is 41.8 Å². The fourth-order valence-corrected chi connectivity index (χ4v) is 4.47. The molecular weight excluding hydrogens is 432 g/mol. The quantitative estimate of drug-likeness (QED) is 0.445. The van der Waals surface area contributed by atoms with Gasteiger partial charge in [-0.25, -0.2) is 4.79 Å². The van der Waals surface area contributed by atoms with Crippen LogP contribution in [0.5, 0.6) is 0 Å². The molecule has 0 aromatic heterocycles. The molecule has 2 aromatic carbocycles. The normalized spacial score (nSPS) is 14.9. The molecule has 3 atom stereocenters. The lowest BCUT2D eigenvalue weighted by atomic mass is 9.98. The van der Waals surface area contributed by atoms with Crippen molar-refractivity contribution in [2.45, 2.75) is 64.5 Å². The molecule has 0 bridgehead atoms. The number of carboxylic acids is 1. The summed E-state index contributed by atoms with van der Waals surface area (Å²) in [6.07, 6.45) is 1.59. The predicted octanol–water partition coefficient (Wildman–Crippen LogP) is 4.70. The Bertz CT molecular complexity index is 976. The van der Waals surface area contributed by atoms with E-state index in [9.17, 15) is 14.4 Å². The maximum Gasteiger partial charge on any atom is 0.407 e. The molecule has 0 spiro atoms. The molecule has 2 aromatic rings. The first-order chi connectivity index (χ1) is 16.3. The van der Waals surface area contributed by atoms with Crippen LogP contribution >= 0.6 is 0 Å². The summed E-state index contributed by atoms with van der Waals surface area (Å²) in [5.41, 5.74) is 4.73. The molecule has 0 radical (unpaired) electrons. The first-order valence-corrected chi connectivity index (χ1v) is 11.9. The maximum absolute atomic E-state index is 12.4. The number of nitrogens with one attached hydrogen (secondary N) is 2. The van der Waals surface area contributed by atoms with Crippen molar-refractivity contribution in [2.24, 2.45) is 5.92 Å². The Morgan fingerprint density at radius 2 is 1.47 bits per heavy atom. The number of amides is 2. The maximum atomic E-state index is 12.4. The van der Waals surface area contributed by atoms with E-state index in [1.807, 2.05) is 38.1 Å². The molecule has 3 unspecified atom stereocenters. The number of alkyl carbamates (subject to hydrolysis) is 1. The van der Waals surface area contributed by atoms with Gasteiger partial charge in [-0.3, -0.25) is 9.59 Å². The van der Waals surface area contributed by atoms with Gasteiger partial charge in [-0.2, -0.15) is 0 Å². The number of carboxylic acid groups (broad SMARTS) is 1. The minimum atomic E-state index is -0.936. The Hall–Kier alpha value is -3.35. The Kier molecular flexibility index (Phi) is 8.68. The summed E-state index contributed by atoms with van der Waals surface area (Å²) in [5.74, 6) is -1.28. The van der Waals surface area contributed by atoms with Gasteiger partial charge in [-0.05, 0) is 48.9 Å². The standard InChI is InChI=1S/C27H34N2O5/c1-17(26(32)28-19(3)15-25(30)31)9-8-10-18(2)29-27(33)34-16-24-22-13-6-4-11-20(22)21-12-5-7-14-23(21)24/h4-7,11-14,17-19,24H,8-10,15-16H2,1-3H3,(H,28,32)(H,29,33)(H,30,31). The van der Waals surface area contributed by atoms with E-state index in [2.05, 4.69) is 34.9 Å². The molecule has 0 heterocycles. The number of rotatable bonds is 11. The number of ether oxygens (including phenoxy) is 1. The van der Waals surface area contributed by atoms with E-state index in [1.54, 1.807) is 6.92 Å². The van der Waals surface area contributed by atoms with E-state index in [1.165, 1.54) is 22.3 Å². The topological polar surface area (TPSA) is 105 Å². The molecule has 1 aliphatic carbocycles. The number of benzene rings is 2. The fraction of sp³-hybridized carbons (Fsp3) is 0.444. The van der Waals surface area contributed by atoms with Crippen LogP contribution in [0.3, 0.4) is 0 Å². The summed E-state index contributed by atoms with van der Waals surface area (Å²) < 4.78 is 5.59. The number of fused-ring (bicyclic) bond motifs is 3.